The maximum atomic E-state index is 13.1. The molecule has 0 N–H and O–H groups in total. The van der Waals surface area contributed by atoms with E-state index in [-0.39, 0.29) is 30.8 Å². The third kappa shape index (κ3) is 5.47. The van der Waals surface area contributed by atoms with Crippen LogP contribution in [0.15, 0.2) is 0 Å². The lowest BCUT2D eigenvalue weighted by Crippen LogP contribution is -2.54. The van der Waals surface area contributed by atoms with Gasteiger partial charge in [-0.3, -0.25) is 14.5 Å². The summed E-state index contributed by atoms with van der Waals surface area (Å²) in [5, 5.41) is 3.18. The van der Waals surface area contributed by atoms with Crippen LogP contribution in [0.25, 0.3) is 0 Å². The molecule has 2 saturated heterocycles. The molecule has 0 aromatic carbocycles. The first kappa shape index (κ1) is 26.2. The smallest absolute Gasteiger partial charge is 0.425 e. The standard InChI is InChI=1S/C24H39N3O7/c1-9-32-19(29)24(8)10-15(11-24)12-26-18-16(13-27(26)21(31)34-23(5,6)7)25(14-17(18)28)20(30)33-22(2,3)4/h15-16,18H,9-14H2,1-8H3/t15?,16-,18+,24?/m0/s1. The molecule has 10 heteroatoms. The van der Waals surface area contributed by atoms with E-state index in [2.05, 4.69) is 0 Å². The molecular weight excluding hydrogens is 442 g/mol. The van der Waals surface area contributed by atoms with E-state index in [4.69, 9.17) is 14.2 Å². The van der Waals surface area contributed by atoms with Gasteiger partial charge in [0.2, 0.25) is 0 Å². The summed E-state index contributed by atoms with van der Waals surface area (Å²) < 4.78 is 16.3. The second-order valence-corrected chi connectivity index (χ2v) is 11.8. The number of esters is 1. The van der Waals surface area contributed by atoms with Crippen molar-refractivity contribution in [1.82, 2.24) is 14.9 Å². The average molecular weight is 482 g/mol. The summed E-state index contributed by atoms with van der Waals surface area (Å²) in [6.45, 7) is 15.1. The van der Waals surface area contributed by atoms with Crippen LogP contribution in [-0.2, 0) is 23.8 Å². The van der Waals surface area contributed by atoms with Gasteiger partial charge in [0.05, 0.1) is 31.2 Å². The van der Waals surface area contributed by atoms with Gasteiger partial charge in [0, 0.05) is 6.54 Å². The number of ketones is 1. The predicted molar refractivity (Wildman–Crippen MR) is 123 cm³/mol. The highest BCUT2D eigenvalue weighted by Gasteiger charge is 2.58. The van der Waals surface area contributed by atoms with E-state index < -0.39 is 40.9 Å². The highest BCUT2D eigenvalue weighted by atomic mass is 16.6. The number of carbonyl (C=O) groups excluding carboxylic acids is 4. The fourth-order valence-electron chi connectivity index (χ4n) is 5.07. The molecule has 2 atom stereocenters. The molecule has 2 heterocycles. The number of hydrogen-bond acceptors (Lipinski definition) is 8. The van der Waals surface area contributed by atoms with Crippen LogP contribution >= 0.6 is 0 Å². The zero-order valence-corrected chi connectivity index (χ0v) is 21.7. The Hall–Kier alpha value is -2.36. The predicted octanol–water partition coefficient (Wildman–Crippen LogP) is 2.99. The second-order valence-electron chi connectivity index (χ2n) is 11.8. The zero-order valence-electron chi connectivity index (χ0n) is 21.7. The molecule has 34 heavy (non-hydrogen) atoms. The van der Waals surface area contributed by atoms with Crippen molar-refractivity contribution in [3.63, 3.8) is 0 Å². The van der Waals surface area contributed by atoms with Crippen molar-refractivity contribution >= 4 is 23.9 Å². The van der Waals surface area contributed by atoms with Crippen LogP contribution < -0.4 is 0 Å². The van der Waals surface area contributed by atoms with Gasteiger partial charge in [-0.1, -0.05) is 0 Å². The second kappa shape index (κ2) is 9.02. The van der Waals surface area contributed by atoms with Crippen LogP contribution in [-0.4, -0.2) is 88.4 Å². The molecule has 3 rings (SSSR count). The van der Waals surface area contributed by atoms with Gasteiger partial charge in [-0.05, 0) is 74.1 Å². The number of likely N-dealkylation sites (tertiary alicyclic amines) is 1. The number of nitrogens with zero attached hydrogens (tertiary/aromatic N) is 3. The van der Waals surface area contributed by atoms with Gasteiger partial charge in [0.1, 0.15) is 17.2 Å². The molecule has 0 aromatic heterocycles. The minimum Gasteiger partial charge on any atom is -0.466 e. The minimum absolute atomic E-state index is 0.0614. The summed E-state index contributed by atoms with van der Waals surface area (Å²) in [4.78, 5) is 52.7. The van der Waals surface area contributed by atoms with E-state index in [1.165, 1.54) is 9.91 Å². The number of hydrazine groups is 1. The summed E-state index contributed by atoms with van der Waals surface area (Å²) in [5.74, 6) is -0.265. The third-order valence-corrected chi connectivity index (χ3v) is 6.34. The van der Waals surface area contributed by atoms with Gasteiger partial charge in [-0.2, -0.15) is 0 Å². The van der Waals surface area contributed by atoms with E-state index in [1.807, 2.05) is 6.92 Å². The molecule has 192 valence electrons. The monoisotopic (exact) mass is 481 g/mol. The van der Waals surface area contributed by atoms with E-state index in [0.717, 1.165) is 0 Å². The number of amides is 2. The topological polar surface area (TPSA) is 106 Å². The molecule has 0 unspecified atom stereocenters. The van der Waals surface area contributed by atoms with Gasteiger partial charge in [0.25, 0.3) is 0 Å². The SMILES string of the molecule is CCOC(=O)C1(C)CC(CN2[C@H]3C(=O)CN(C(=O)OC(C)(C)C)[C@H]3CN2C(=O)OC(C)(C)C)C1. The largest absolute Gasteiger partial charge is 0.466 e. The molecule has 3 fully saturated rings. The zero-order chi connectivity index (χ0) is 25.6. The molecule has 1 aliphatic carbocycles. The summed E-state index contributed by atoms with van der Waals surface area (Å²) in [5.41, 5.74) is -1.97. The Balaban J connectivity index is 1.79. The lowest BCUT2D eigenvalue weighted by molar-refractivity contribution is -0.165. The molecule has 0 bridgehead atoms. The molecule has 1 saturated carbocycles. The Morgan fingerprint density at radius 3 is 2.09 bits per heavy atom. The molecule has 10 nitrogen and oxygen atoms in total. The fraction of sp³-hybridized carbons (Fsp3) is 0.833. The van der Waals surface area contributed by atoms with Crippen LogP contribution in [0, 0.1) is 11.3 Å². The number of carbonyl (C=O) groups is 4. The molecular formula is C24H39N3O7. The van der Waals surface area contributed by atoms with Gasteiger partial charge >= 0.3 is 18.2 Å². The molecule has 0 radical (unpaired) electrons. The third-order valence-electron chi connectivity index (χ3n) is 6.34. The fourth-order valence-corrected chi connectivity index (χ4v) is 5.07. The summed E-state index contributed by atoms with van der Waals surface area (Å²) in [7, 11) is 0. The molecule has 3 aliphatic rings. The van der Waals surface area contributed by atoms with Crippen LogP contribution in [0.3, 0.4) is 0 Å². The van der Waals surface area contributed by atoms with Crippen molar-refractivity contribution < 1.29 is 33.4 Å². The van der Waals surface area contributed by atoms with Crippen molar-refractivity contribution in [2.45, 2.75) is 91.5 Å². The van der Waals surface area contributed by atoms with Crippen LogP contribution in [0.4, 0.5) is 9.59 Å². The Labute approximate surface area is 201 Å². The Morgan fingerprint density at radius 1 is 1.00 bits per heavy atom. The quantitative estimate of drug-likeness (QED) is 0.446. The summed E-state index contributed by atoms with van der Waals surface area (Å²) >= 11 is 0. The van der Waals surface area contributed by atoms with Crippen LogP contribution in [0.5, 0.6) is 0 Å². The lowest BCUT2D eigenvalue weighted by Gasteiger charge is -2.45. The Morgan fingerprint density at radius 2 is 1.56 bits per heavy atom. The van der Waals surface area contributed by atoms with Crippen LogP contribution in [0.2, 0.25) is 0 Å². The summed E-state index contributed by atoms with van der Waals surface area (Å²) in [6, 6.07) is -1.18. The normalized spacial score (nSPS) is 29.5. The number of rotatable bonds is 4. The maximum Gasteiger partial charge on any atom is 0.425 e. The molecule has 0 aromatic rings. The highest BCUT2D eigenvalue weighted by molar-refractivity contribution is 5.94. The Kier molecular flexibility index (Phi) is 6.96. The van der Waals surface area contributed by atoms with Crippen molar-refractivity contribution in [2.75, 3.05) is 26.2 Å². The van der Waals surface area contributed by atoms with E-state index in [1.54, 1.807) is 53.5 Å². The van der Waals surface area contributed by atoms with Crippen molar-refractivity contribution in [3.05, 3.63) is 0 Å². The number of hydrogen-bond donors (Lipinski definition) is 0. The first-order valence-electron chi connectivity index (χ1n) is 12.0. The molecule has 2 amide bonds. The van der Waals surface area contributed by atoms with Gasteiger partial charge in [-0.25, -0.2) is 19.6 Å². The van der Waals surface area contributed by atoms with Gasteiger partial charge in [0.15, 0.2) is 5.78 Å². The lowest BCUT2D eigenvalue weighted by atomic mass is 9.63. The van der Waals surface area contributed by atoms with Gasteiger partial charge < -0.3 is 14.2 Å². The molecule has 2 aliphatic heterocycles. The Bertz CT molecular complexity index is 838. The van der Waals surface area contributed by atoms with Crippen molar-refractivity contribution in [2.24, 2.45) is 11.3 Å². The number of fused-ring (bicyclic) bond motifs is 1. The van der Waals surface area contributed by atoms with E-state index in [0.29, 0.717) is 26.0 Å². The van der Waals surface area contributed by atoms with Gasteiger partial charge in [-0.15, -0.1) is 0 Å². The van der Waals surface area contributed by atoms with Crippen molar-refractivity contribution in [1.29, 1.82) is 0 Å². The number of Topliss-reactive ketones (excluding diaryl/α,β-unsaturated/α-hetero) is 1. The summed E-state index contributed by atoms with van der Waals surface area (Å²) in [6.07, 6.45) is 0.0710. The number of ether oxygens (including phenoxy) is 3. The maximum absolute atomic E-state index is 13.1. The van der Waals surface area contributed by atoms with Crippen molar-refractivity contribution in [3.8, 4) is 0 Å². The van der Waals surface area contributed by atoms with E-state index in [9.17, 15) is 19.2 Å². The first-order valence-corrected chi connectivity index (χ1v) is 12.0. The van der Waals surface area contributed by atoms with Crippen LogP contribution in [0.1, 0.15) is 68.2 Å². The van der Waals surface area contributed by atoms with E-state index >= 15 is 0 Å². The first-order chi connectivity index (χ1) is 15.5. The molecule has 0 spiro atoms. The average Bonchev–Trinajstić information content (AvgIpc) is 3.16. The minimum atomic E-state index is -0.714. The highest BCUT2D eigenvalue weighted by Crippen LogP contribution is 2.47.